The Morgan fingerprint density at radius 1 is 1.25 bits per heavy atom. The summed E-state index contributed by atoms with van der Waals surface area (Å²) < 4.78 is 5.24. The molecule has 2 N–H and O–H groups in total. The minimum atomic E-state index is -0.0445. The topological polar surface area (TPSA) is 54.1 Å². The van der Waals surface area contributed by atoms with Crippen molar-refractivity contribution >= 4 is 0 Å². The quantitative estimate of drug-likeness (QED) is 0.879. The van der Waals surface area contributed by atoms with E-state index < -0.39 is 0 Å². The van der Waals surface area contributed by atoms with Crippen molar-refractivity contribution in [3.63, 3.8) is 0 Å². The van der Waals surface area contributed by atoms with Gasteiger partial charge in [0.25, 0.3) is 5.56 Å². The summed E-state index contributed by atoms with van der Waals surface area (Å²) in [5.74, 6) is 0.847. The van der Waals surface area contributed by atoms with Crippen LogP contribution in [0.5, 0.6) is 5.75 Å². The van der Waals surface area contributed by atoms with E-state index in [9.17, 15) is 4.79 Å². The highest BCUT2D eigenvalue weighted by atomic mass is 16.5. The van der Waals surface area contributed by atoms with Crippen LogP contribution in [0.3, 0.4) is 0 Å². The molecule has 0 unspecified atom stereocenters. The summed E-state index contributed by atoms with van der Waals surface area (Å²) >= 11 is 0. The van der Waals surface area contributed by atoms with Crippen LogP contribution in [0, 0.1) is 6.92 Å². The molecule has 0 atom stereocenters. The molecule has 106 valence electrons. The molecule has 20 heavy (non-hydrogen) atoms. The number of methoxy groups -OCH3 is 1. The predicted molar refractivity (Wildman–Crippen MR) is 81.2 cm³/mol. The maximum absolute atomic E-state index is 12.0. The van der Waals surface area contributed by atoms with E-state index in [0.717, 1.165) is 34.7 Å². The molecule has 0 aliphatic carbocycles. The standard InChI is InChI=1S/C16H20N2O2/c1-4-17-10-13-5-7-14(18-16(13)19)12-6-8-15(20-3)11(2)9-12/h5-9,17H,4,10H2,1-3H3,(H,18,19). The Balaban J connectivity index is 2.32. The van der Waals surface area contributed by atoms with Gasteiger partial charge in [-0.3, -0.25) is 4.79 Å². The molecule has 0 saturated heterocycles. The summed E-state index contributed by atoms with van der Waals surface area (Å²) in [5, 5.41) is 3.15. The van der Waals surface area contributed by atoms with Crippen molar-refractivity contribution in [3.8, 4) is 17.0 Å². The van der Waals surface area contributed by atoms with Crippen LogP contribution >= 0.6 is 0 Å². The van der Waals surface area contributed by atoms with E-state index in [1.807, 2.05) is 44.2 Å². The lowest BCUT2D eigenvalue weighted by atomic mass is 10.1. The largest absolute Gasteiger partial charge is 0.496 e. The van der Waals surface area contributed by atoms with Crippen molar-refractivity contribution in [1.82, 2.24) is 10.3 Å². The highest BCUT2D eigenvalue weighted by molar-refractivity contribution is 5.62. The zero-order valence-electron chi connectivity index (χ0n) is 12.1. The average Bonchev–Trinajstić information content (AvgIpc) is 2.46. The highest BCUT2D eigenvalue weighted by Gasteiger charge is 2.05. The van der Waals surface area contributed by atoms with Crippen molar-refractivity contribution in [3.05, 3.63) is 51.8 Å². The van der Waals surface area contributed by atoms with E-state index in [1.165, 1.54) is 0 Å². The second kappa shape index (κ2) is 6.39. The summed E-state index contributed by atoms with van der Waals surface area (Å²) in [6.45, 7) is 5.44. The van der Waals surface area contributed by atoms with Gasteiger partial charge in [0.05, 0.1) is 7.11 Å². The minimum Gasteiger partial charge on any atom is -0.496 e. The van der Waals surface area contributed by atoms with Gasteiger partial charge < -0.3 is 15.0 Å². The Kier molecular flexibility index (Phi) is 4.58. The molecule has 0 aliphatic rings. The smallest absolute Gasteiger partial charge is 0.252 e. The summed E-state index contributed by atoms with van der Waals surface area (Å²) in [6, 6.07) is 9.68. The normalized spacial score (nSPS) is 10.6. The average molecular weight is 272 g/mol. The molecule has 1 aromatic heterocycles. The lowest BCUT2D eigenvalue weighted by Crippen LogP contribution is -2.20. The predicted octanol–water partition coefficient (Wildman–Crippen LogP) is 2.47. The lowest BCUT2D eigenvalue weighted by Gasteiger charge is -2.08. The van der Waals surface area contributed by atoms with Crippen LogP contribution in [-0.4, -0.2) is 18.6 Å². The minimum absolute atomic E-state index is 0.0445. The van der Waals surface area contributed by atoms with Gasteiger partial charge >= 0.3 is 0 Å². The van der Waals surface area contributed by atoms with Gasteiger partial charge in [-0.25, -0.2) is 0 Å². The zero-order chi connectivity index (χ0) is 14.5. The fourth-order valence-corrected chi connectivity index (χ4v) is 2.12. The number of aryl methyl sites for hydroxylation is 1. The van der Waals surface area contributed by atoms with E-state index in [2.05, 4.69) is 10.3 Å². The Morgan fingerprint density at radius 2 is 2.05 bits per heavy atom. The van der Waals surface area contributed by atoms with E-state index in [4.69, 9.17) is 4.74 Å². The number of hydrogen-bond acceptors (Lipinski definition) is 3. The number of pyridine rings is 1. The van der Waals surface area contributed by atoms with Crippen LogP contribution in [-0.2, 0) is 6.54 Å². The van der Waals surface area contributed by atoms with Gasteiger partial charge in [0.15, 0.2) is 0 Å². The van der Waals surface area contributed by atoms with E-state index in [0.29, 0.717) is 6.54 Å². The second-order valence-corrected chi connectivity index (χ2v) is 4.69. The first-order valence-corrected chi connectivity index (χ1v) is 6.73. The van der Waals surface area contributed by atoms with Gasteiger partial charge in [-0.2, -0.15) is 0 Å². The molecule has 4 heteroatoms. The first kappa shape index (κ1) is 14.3. The van der Waals surface area contributed by atoms with E-state index in [-0.39, 0.29) is 5.56 Å². The molecule has 0 amide bonds. The number of hydrogen-bond donors (Lipinski definition) is 2. The third-order valence-corrected chi connectivity index (χ3v) is 3.26. The van der Waals surface area contributed by atoms with Gasteiger partial charge in [0.1, 0.15) is 5.75 Å². The Morgan fingerprint density at radius 3 is 2.65 bits per heavy atom. The van der Waals surface area contributed by atoms with Crippen molar-refractivity contribution in [2.45, 2.75) is 20.4 Å². The van der Waals surface area contributed by atoms with Crippen LogP contribution in [0.4, 0.5) is 0 Å². The van der Waals surface area contributed by atoms with Crippen LogP contribution < -0.4 is 15.6 Å². The number of benzene rings is 1. The molecule has 1 heterocycles. The number of H-pyrrole nitrogens is 1. The molecular weight excluding hydrogens is 252 g/mol. The SMILES string of the molecule is CCNCc1ccc(-c2ccc(OC)c(C)c2)[nH]c1=O. The fraction of sp³-hybridized carbons (Fsp3) is 0.312. The van der Waals surface area contributed by atoms with Crippen molar-refractivity contribution < 1.29 is 4.74 Å². The molecule has 0 aliphatic heterocycles. The summed E-state index contributed by atoms with van der Waals surface area (Å²) in [5.41, 5.74) is 3.55. The molecule has 0 spiro atoms. The van der Waals surface area contributed by atoms with Gasteiger partial charge in [0, 0.05) is 17.8 Å². The summed E-state index contributed by atoms with van der Waals surface area (Å²) in [6.07, 6.45) is 0. The Hall–Kier alpha value is -2.07. The molecule has 0 bridgehead atoms. The van der Waals surface area contributed by atoms with Crippen molar-refractivity contribution in [2.75, 3.05) is 13.7 Å². The number of nitrogens with one attached hydrogen (secondary N) is 2. The van der Waals surface area contributed by atoms with Crippen molar-refractivity contribution in [1.29, 1.82) is 0 Å². The second-order valence-electron chi connectivity index (χ2n) is 4.69. The Labute approximate surface area is 118 Å². The van der Waals surface area contributed by atoms with E-state index >= 15 is 0 Å². The van der Waals surface area contributed by atoms with E-state index in [1.54, 1.807) is 7.11 Å². The van der Waals surface area contributed by atoms with Gasteiger partial charge in [-0.05, 0) is 48.9 Å². The van der Waals surface area contributed by atoms with Gasteiger partial charge in [-0.15, -0.1) is 0 Å². The Bertz CT molecular complexity index is 647. The molecule has 0 fully saturated rings. The lowest BCUT2D eigenvalue weighted by molar-refractivity contribution is 0.412. The molecule has 4 nitrogen and oxygen atoms in total. The third kappa shape index (κ3) is 3.08. The number of rotatable bonds is 5. The fourth-order valence-electron chi connectivity index (χ4n) is 2.12. The molecule has 2 rings (SSSR count). The molecule has 2 aromatic rings. The monoisotopic (exact) mass is 272 g/mol. The van der Waals surface area contributed by atoms with Crippen LogP contribution in [0.2, 0.25) is 0 Å². The molecule has 0 radical (unpaired) electrons. The van der Waals surface area contributed by atoms with Crippen molar-refractivity contribution in [2.24, 2.45) is 0 Å². The maximum Gasteiger partial charge on any atom is 0.252 e. The number of ether oxygens (including phenoxy) is 1. The van der Waals surface area contributed by atoms with Gasteiger partial charge in [-0.1, -0.05) is 13.0 Å². The number of aromatic amines is 1. The first-order valence-electron chi connectivity index (χ1n) is 6.73. The molecular formula is C16H20N2O2. The van der Waals surface area contributed by atoms with Crippen LogP contribution in [0.25, 0.3) is 11.3 Å². The zero-order valence-corrected chi connectivity index (χ0v) is 12.1. The van der Waals surface area contributed by atoms with Crippen LogP contribution in [0.15, 0.2) is 35.1 Å². The highest BCUT2D eigenvalue weighted by Crippen LogP contribution is 2.24. The van der Waals surface area contributed by atoms with Crippen LogP contribution in [0.1, 0.15) is 18.1 Å². The first-order chi connectivity index (χ1) is 9.65. The summed E-state index contributed by atoms with van der Waals surface area (Å²) in [4.78, 5) is 14.9. The molecule has 0 saturated carbocycles. The van der Waals surface area contributed by atoms with Gasteiger partial charge in [0.2, 0.25) is 0 Å². The number of aromatic nitrogens is 1. The molecule has 1 aromatic carbocycles. The third-order valence-electron chi connectivity index (χ3n) is 3.26. The maximum atomic E-state index is 12.0. The summed E-state index contributed by atoms with van der Waals surface area (Å²) in [7, 11) is 1.65.